The van der Waals surface area contributed by atoms with Gasteiger partial charge in [0.1, 0.15) is 0 Å². The zero-order chi connectivity index (χ0) is 17.8. The molecule has 0 spiro atoms. The van der Waals surface area contributed by atoms with Crippen molar-refractivity contribution in [2.45, 2.75) is 39.0 Å². The maximum absolute atomic E-state index is 2.40. The predicted molar refractivity (Wildman–Crippen MR) is 112 cm³/mol. The molecule has 0 atom stereocenters. The highest BCUT2D eigenvalue weighted by atomic mass is 14.2. The fourth-order valence-electron chi connectivity index (χ4n) is 4.19. The predicted octanol–water partition coefficient (Wildman–Crippen LogP) is 7.39. The van der Waals surface area contributed by atoms with Gasteiger partial charge in [-0.15, -0.1) is 0 Å². The molecular formula is C26H28. The molecule has 0 N–H and O–H groups in total. The van der Waals surface area contributed by atoms with E-state index in [0.717, 1.165) is 11.8 Å². The van der Waals surface area contributed by atoms with Crippen LogP contribution < -0.4 is 0 Å². The molecule has 0 heteroatoms. The summed E-state index contributed by atoms with van der Waals surface area (Å²) < 4.78 is 0. The van der Waals surface area contributed by atoms with E-state index >= 15 is 0 Å². The lowest BCUT2D eigenvalue weighted by molar-refractivity contribution is 0.289. The van der Waals surface area contributed by atoms with Crippen LogP contribution in [0, 0.1) is 11.8 Å². The van der Waals surface area contributed by atoms with Gasteiger partial charge in [-0.3, -0.25) is 0 Å². The summed E-state index contributed by atoms with van der Waals surface area (Å²) in [5.74, 6) is 1.83. The lowest BCUT2D eigenvalue weighted by Crippen LogP contribution is -2.14. The number of rotatable bonds is 4. The first-order chi connectivity index (χ1) is 12.8. The summed E-state index contributed by atoms with van der Waals surface area (Å²) in [4.78, 5) is 0. The van der Waals surface area contributed by atoms with Gasteiger partial charge in [-0.2, -0.15) is 0 Å². The summed E-state index contributed by atoms with van der Waals surface area (Å²) in [5, 5.41) is 0. The van der Waals surface area contributed by atoms with Gasteiger partial charge in [0.2, 0.25) is 0 Å². The monoisotopic (exact) mass is 340 g/mol. The van der Waals surface area contributed by atoms with Crippen LogP contribution >= 0.6 is 0 Å². The van der Waals surface area contributed by atoms with Crippen molar-refractivity contribution in [3.05, 3.63) is 84.4 Å². The second kappa shape index (κ2) is 7.91. The van der Waals surface area contributed by atoms with E-state index in [1.54, 1.807) is 0 Å². The van der Waals surface area contributed by atoms with Crippen LogP contribution in [0.15, 0.2) is 78.9 Å². The van der Waals surface area contributed by atoms with E-state index in [-0.39, 0.29) is 0 Å². The molecule has 0 unspecified atom stereocenters. The minimum atomic E-state index is 0.891. The van der Waals surface area contributed by atoms with Crippen LogP contribution in [0.5, 0.6) is 0 Å². The smallest absolute Gasteiger partial charge is 0.0184 e. The maximum Gasteiger partial charge on any atom is -0.0184 e. The Labute approximate surface area is 157 Å². The normalized spacial score (nSPS) is 20.0. The van der Waals surface area contributed by atoms with Crippen LogP contribution in [0.25, 0.3) is 22.3 Å². The Bertz CT molecular complexity index is 804. The molecule has 4 rings (SSSR count). The summed E-state index contributed by atoms with van der Waals surface area (Å²) in [5.41, 5.74) is 6.65. The van der Waals surface area contributed by atoms with E-state index < -0.39 is 0 Å². The highest BCUT2D eigenvalue weighted by Gasteiger charge is 2.18. The minimum Gasteiger partial charge on any atom is -0.0625 e. The van der Waals surface area contributed by atoms with Crippen LogP contribution in [-0.4, -0.2) is 0 Å². The van der Waals surface area contributed by atoms with Crippen LogP contribution in [0.2, 0.25) is 0 Å². The van der Waals surface area contributed by atoms with Crippen molar-refractivity contribution in [2.75, 3.05) is 0 Å². The van der Waals surface area contributed by atoms with E-state index in [1.807, 2.05) is 0 Å². The van der Waals surface area contributed by atoms with Gasteiger partial charge in [0.25, 0.3) is 0 Å². The molecule has 0 aromatic heterocycles. The Morgan fingerprint density at radius 3 is 1.58 bits per heavy atom. The first-order valence-electron chi connectivity index (χ1n) is 10.0. The molecule has 1 aliphatic carbocycles. The fourth-order valence-corrected chi connectivity index (χ4v) is 4.19. The van der Waals surface area contributed by atoms with Crippen LogP contribution in [0.4, 0.5) is 0 Å². The van der Waals surface area contributed by atoms with Gasteiger partial charge in [-0.25, -0.2) is 0 Å². The molecule has 1 fully saturated rings. The summed E-state index contributed by atoms with van der Waals surface area (Å²) in [7, 11) is 0. The molecule has 3 aromatic carbocycles. The zero-order valence-corrected chi connectivity index (χ0v) is 15.7. The average molecular weight is 341 g/mol. The maximum atomic E-state index is 2.40. The van der Waals surface area contributed by atoms with Crippen molar-refractivity contribution in [3.63, 3.8) is 0 Å². The Morgan fingerprint density at radius 2 is 1.04 bits per heavy atom. The van der Waals surface area contributed by atoms with Gasteiger partial charge in [0, 0.05) is 0 Å². The molecule has 132 valence electrons. The van der Waals surface area contributed by atoms with Crippen molar-refractivity contribution < 1.29 is 0 Å². The molecule has 1 aliphatic rings. The second-order valence-electron chi connectivity index (χ2n) is 7.97. The van der Waals surface area contributed by atoms with Gasteiger partial charge in [0.05, 0.1) is 0 Å². The Balaban J connectivity index is 1.43. The third-order valence-corrected chi connectivity index (χ3v) is 5.94. The highest BCUT2D eigenvalue weighted by molar-refractivity contribution is 5.70. The van der Waals surface area contributed by atoms with Crippen molar-refractivity contribution in [1.82, 2.24) is 0 Å². The third-order valence-electron chi connectivity index (χ3n) is 5.94. The van der Waals surface area contributed by atoms with Gasteiger partial charge >= 0.3 is 0 Å². The van der Waals surface area contributed by atoms with E-state index in [0.29, 0.717) is 0 Å². The second-order valence-corrected chi connectivity index (χ2v) is 7.97. The quantitative estimate of drug-likeness (QED) is 0.464. The standard InChI is InChI=1S/C26H28/c1-20-7-9-21(10-8-20)19-22-11-13-24(14-12-22)26-17-15-25(16-18-26)23-5-3-2-4-6-23/h2-6,11-18,20-21H,7-10,19H2,1H3. The fraction of sp³-hybridized carbons (Fsp3) is 0.308. The average Bonchev–Trinajstić information content (AvgIpc) is 2.71. The van der Waals surface area contributed by atoms with Crippen molar-refractivity contribution in [2.24, 2.45) is 11.8 Å². The van der Waals surface area contributed by atoms with Crippen molar-refractivity contribution >= 4 is 0 Å². The van der Waals surface area contributed by atoms with Gasteiger partial charge < -0.3 is 0 Å². The van der Waals surface area contributed by atoms with E-state index in [9.17, 15) is 0 Å². The van der Waals surface area contributed by atoms with Crippen molar-refractivity contribution in [3.8, 4) is 22.3 Å². The Kier molecular flexibility index (Phi) is 5.20. The molecule has 26 heavy (non-hydrogen) atoms. The van der Waals surface area contributed by atoms with Gasteiger partial charge in [-0.05, 0) is 58.9 Å². The first-order valence-corrected chi connectivity index (χ1v) is 10.0. The summed E-state index contributed by atoms with van der Waals surface area (Å²) in [6, 6.07) is 28.7. The number of hydrogen-bond donors (Lipinski definition) is 0. The van der Waals surface area contributed by atoms with Gasteiger partial charge in [-0.1, -0.05) is 98.6 Å². The topological polar surface area (TPSA) is 0 Å². The van der Waals surface area contributed by atoms with Gasteiger partial charge in [0.15, 0.2) is 0 Å². The van der Waals surface area contributed by atoms with E-state index in [4.69, 9.17) is 0 Å². The summed E-state index contributed by atoms with van der Waals surface area (Å²) >= 11 is 0. The lowest BCUT2D eigenvalue weighted by atomic mass is 9.80. The minimum absolute atomic E-state index is 0.891. The van der Waals surface area contributed by atoms with Crippen LogP contribution in [0.1, 0.15) is 38.2 Å². The number of hydrogen-bond acceptors (Lipinski definition) is 0. The lowest BCUT2D eigenvalue weighted by Gasteiger charge is -2.26. The van der Waals surface area contributed by atoms with Crippen LogP contribution in [0.3, 0.4) is 0 Å². The molecule has 0 bridgehead atoms. The Hall–Kier alpha value is -2.34. The van der Waals surface area contributed by atoms with Crippen LogP contribution in [-0.2, 0) is 6.42 Å². The Morgan fingerprint density at radius 1 is 0.577 bits per heavy atom. The molecule has 0 radical (unpaired) electrons. The third kappa shape index (κ3) is 4.07. The number of benzene rings is 3. The first kappa shape index (κ1) is 17.1. The molecule has 0 nitrogen and oxygen atoms in total. The highest BCUT2D eigenvalue weighted by Crippen LogP contribution is 2.31. The van der Waals surface area contributed by atoms with E-state index in [1.165, 1.54) is 59.9 Å². The zero-order valence-electron chi connectivity index (χ0n) is 15.7. The SMILES string of the molecule is CC1CCC(Cc2ccc(-c3ccc(-c4ccccc4)cc3)cc2)CC1. The largest absolute Gasteiger partial charge is 0.0625 e. The van der Waals surface area contributed by atoms with E-state index in [2.05, 4.69) is 85.8 Å². The van der Waals surface area contributed by atoms with Crippen molar-refractivity contribution in [1.29, 1.82) is 0 Å². The molecule has 0 saturated heterocycles. The molecule has 1 saturated carbocycles. The molecule has 3 aromatic rings. The molecule has 0 heterocycles. The molecule has 0 amide bonds. The summed E-state index contributed by atoms with van der Waals surface area (Å²) in [6.07, 6.45) is 6.89. The molecule has 0 aliphatic heterocycles. The summed E-state index contributed by atoms with van der Waals surface area (Å²) in [6.45, 7) is 2.40. The molecular weight excluding hydrogens is 312 g/mol.